The standard InChI is InChI=1S/C33H59N8O13P/c1-55(46,47)54-28-8-4-26(5-9-28)32(44)40-27-6-2-25(3-7-27)22-29(33(45)39-12-15-50-18-21-53-36)41(23-30(42)37-10-13-48-16-19-51-34)24-31(43)38-11-14-49-17-20-52-35/h2-3,6-7,26,28-29H,4-5,8-24,34-36H2,1H3,(H,37,42)(H,38,43)(H,39,45)(H,40,44)(H,46,47). The molecule has 1 aliphatic carbocycles. The van der Waals surface area contributed by atoms with E-state index in [0.717, 1.165) is 6.66 Å². The Bertz CT molecular complexity index is 1270. The van der Waals surface area contributed by atoms with Crippen LogP contribution in [0.25, 0.3) is 0 Å². The fraction of sp³-hybridized carbons (Fsp3) is 0.697. The van der Waals surface area contributed by atoms with Gasteiger partial charge in [-0.25, -0.2) is 17.7 Å². The zero-order valence-corrected chi connectivity index (χ0v) is 32.3. The molecule has 1 fully saturated rings. The molecule has 314 valence electrons. The van der Waals surface area contributed by atoms with Gasteiger partial charge in [0.1, 0.15) is 0 Å². The Morgan fingerprint density at radius 2 is 1.22 bits per heavy atom. The lowest BCUT2D eigenvalue weighted by atomic mass is 9.87. The average molecular weight is 807 g/mol. The van der Waals surface area contributed by atoms with Crippen LogP contribution < -0.4 is 39.0 Å². The summed E-state index contributed by atoms with van der Waals surface area (Å²) in [6.07, 6.45) is 1.76. The van der Waals surface area contributed by atoms with Crippen molar-refractivity contribution in [2.24, 2.45) is 23.6 Å². The van der Waals surface area contributed by atoms with E-state index in [1.807, 2.05) is 0 Å². The number of hydrogen-bond acceptors (Lipinski definition) is 16. The van der Waals surface area contributed by atoms with Crippen LogP contribution in [0.3, 0.4) is 0 Å². The molecule has 0 heterocycles. The minimum atomic E-state index is -3.61. The highest BCUT2D eigenvalue weighted by Gasteiger charge is 2.31. The van der Waals surface area contributed by atoms with Gasteiger partial charge in [-0.05, 0) is 49.8 Å². The summed E-state index contributed by atoms with van der Waals surface area (Å²) < 4.78 is 32.9. The summed E-state index contributed by atoms with van der Waals surface area (Å²) in [6.45, 7) is 2.79. The quantitative estimate of drug-likeness (QED) is 0.0244. The van der Waals surface area contributed by atoms with Crippen molar-refractivity contribution in [1.29, 1.82) is 0 Å². The van der Waals surface area contributed by atoms with Gasteiger partial charge in [0.2, 0.25) is 23.6 Å². The first-order valence-corrected chi connectivity index (χ1v) is 20.1. The molecule has 2 atom stereocenters. The molecule has 0 radical (unpaired) electrons. The molecule has 1 aromatic rings. The van der Waals surface area contributed by atoms with Gasteiger partial charge in [-0.15, -0.1) is 0 Å². The number of nitrogens with two attached hydrogens (primary N) is 3. The van der Waals surface area contributed by atoms with Crippen molar-refractivity contribution >= 4 is 36.9 Å². The molecule has 0 bridgehead atoms. The molecule has 55 heavy (non-hydrogen) atoms. The third kappa shape index (κ3) is 22.2. The number of nitrogens with one attached hydrogen (secondary N) is 4. The normalized spacial score (nSPS) is 17.3. The summed E-state index contributed by atoms with van der Waals surface area (Å²) in [5.41, 5.74) is 1.23. The number of nitrogens with zero attached hydrogens (tertiary/aromatic N) is 1. The maximum atomic E-state index is 13.8. The van der Waals surface area contributed by atoms with Gasteiger partial charge in [0.15, 0.2) is 0 Å². The largest absolute Gasteiger partial charge is 0.377 e. The average Bonchev–Trinajstić information content (AvgIpc) is 3.14. The number of anilines is 1. The summed E-state index contributed by atoms with van der Waals surface area (Å²) in [5.74, 6) is 13.2. The SMILES string of the molecule is CP(=O)(O)OC1CCC(C(=O)Nc2ccc(CC(C(=O)NCCOCCON)N(CC(=O)NCCOCCON)CC(=O)NCCOCCON)cc2)CC1. The zero-order valence-electron chi connectivity index (χ0n) is 31.4. The van der Waals surface area contributed by atoms with Gasteiger partial charge < -0.3 is 59.4 Å². The molecule has 0 aromatic heterocycles. The number of carbonyl (C=O) groups is 4. The molecule has 0 aliphatic heterocycles. The Kier molecular flexibility index (Phi) is 24.7. The lowest BCUT2D eigenvalue weighted by molar-refractivity contribution is -0.131. The third-order valence-corrected chi connectivity index (χ3v) is 8.89. The second-order valence-electron chi connectivity index (χ2n) is 12.6. The molecule has 1 aromatic carbocycles. The summed E-state index contributed by atoms with van der Waals surface area (Å²) in [4.78, 5) is 77.4. The fourth-order valence-electron chi connectivity index (χ4n) is 5.56. The van der Waals surface area contributed by atoms with E-state index in [2.05, 4.69) is 35.8 Å². The smallest absolute Gasteiger partial charge is 0.325 e. The van der Waals surface area contributed by atoms with E-state index in [4.69, 9.17) is 36.4 Å². The van der Waals surface area contributed by atoms with Crippen LogP contribution in [0.2, 0.25) is 0 Å². The van der Waals surface area contributed by atoms with Crippen molar-refractivity contribution in [3.63, 3.8) is 0 Å². The summed E-state index contributed by atoms with van der Waals surface area (Å²) in [6, 6.07) is 5.92. The summed E-state index contributed by atoms with van der Waals surface area (Å²) in [7, 11) is -3.61. The first-order valence-electron chi connectivity index (χ1n) is 18.1. The number of rotatable bonds is 30. The second-order valence-corrected chi connectivity index (χ2v) is 14.5. The minimum absolute atomic E-state index is 0.100. The minimum Gasteiger partial charge on any atom is -0.377 e. The number of carbonyl (C=O) groups excluding carboxylic acids is 4. The number of benzene rings is 1. The van der Waals surface area contributed by atoms with Gasteiger partial charge in [-0.3, -0.25) is 28.6 Å². The lowest BCUT2D eigenvalue weighted by Crippen LogP contribution is -2.54. The predicted molar refractivity (Wildman–Crippen MR) is 199 cm³/mol. The molecule has 4 amide bonds. The van der Waals surface area contributed by atoms with E-state index in [-0.39, 0.29) is 117 Å². The fourth-order valence-corrected chi connectivity index (χ4v) is 6.32. The van der Waals surface area contributed by atoms with Gasteiger partial charge >= 0.3 is 7.60 Å². The highest BCUT2D eigenvalue weighted by molar-refractivity contribution is 7.51. The Labute approximate surface area is 321 Å². The molecule has 0 spiro atoms. The molecular weight excluding hydrogens is 747 g/mol. The van der Waals surface area contributed by atoms with E-state index >= 15 is 0 Å². The number of amides is 4. The van der Waals surface area contributed by atoms with Gasteiger partial charge in [-0.2, -0.15) is 0 Å². The van der Waals surface area contributed by atoms with E-state index in [1.165, 1.54) is 4.90 Å². The number of hydrogen-bond donors (Lipinski definition) is 8. The first kappa shape index (κ1) is 48.0. The molecule has 21 nitrogen and oxygen atoms in total. The Balaban J connectivity index is 2.17. The van der Waals surface area contributed by atoms with E-state index < -0.39 is 31.4 Å². The first-order chi connectivity index (χ1) is 26.4. The monoisotopic (exact) mass is 806 g/mol. The van der Waals surface area contributed by atoms with E-state index in [1.54, 1.807) is 24.3 Å². The highest BCUT2D eigenvalue weighted by Crippen LogP contribution is 2.42. The van der Waals surface area contributed by atoms with E-state index in [0.29, 0.717) is 36.9 Å². The maximum Gasteiger partial charge on any atom is 0.325 e. The van der Waals surface area contributed by atoms with Crippen LogP contribution >= 0.6 is 7.60 Å². The van der Waals surface area contributed by atoms with Gasteiger partial charge in [0.05, 0.1) is 84.7 Å². The van der Waals surface area contributed by atoms with Crippen LogP contribution in [0, 0.1) is 5.92 Å². The predicted octanol–water partition coefficient (Wildman–Crippen LogP) is -1.70. The van der Waals surface area contributed by atoms with Crippen molar-refractivity contribution in [2.75, 3.05) is 104 Å². The Morgan fingerprint density at radius 1 is 0.745 bits per heavy atom. The van der Waals surface area contributed by atoms with Crippen LogP contribution in [0.4, 0.5) is 5.69 Å². The summed E-state index contributed by atoms with van der Waals surface area (Å²) in [5, 5.41) is 11.2. The lowest BCUT2D eigenvalue weighted by Gasteiger charge is -2.30. The molecule has 2 unspecified atom stereocenters. The molecule has 2 rings (SSSR count). The van der Waals surface area contributed by atoms with Gasteiger partial charge in [0.25, 0.3) is 0 Å². The van der Waals surface area contributed by atoms with E-state index in [9.17, 15) is 28.6 Å². The van der Waals surface area contributed by atoms with Crippen LogP contribution in [-0.4, -0.2) is 144 Å². The zero-order chi connectivity index (χ0) is 40.3. The second kappa shape index (κ2) is 28.3. The van der Waals surface area contributed by atoms with Crippen LogP contribution in [0.5, 0.6) is 0 Å². The third-order valence-electron chi connectivity index (χ3n) is 8.20. The van der Waals surface area contributed by atoms with Crippen molar-refractivity contribution in [1.82, 2.24) is 20.9 Å². The molecule has 22 heteroatoms. The topological polar surface area (TPSA) is 300 Å². The molecular formula is C33H59N8O13P. The van der Waals surface area contributed by atoms with Gasteiger partial charge in [0, 0.05) is 37.9 Å². The Hall–Kier alpha value is -3.15. The van der Waals surface area contributed by atoms with Crippen molar-refractivity contribution in [3.8, 4) is 0 Å². The van der Waals surface area contributed by atoms with Crippen LogP contribution in [0.1, 0.15) is 31.2 Å². The van der Waals surface area contributed by atoms with Crippen LogP contribution in [-0.2, 0) is 63.4 Å². The van der Waals surface area contributed by atoms with Crippen molar-refractivity contribution < 1.29 is 61.9 Å². The highest BCUT2D eigenvalue weighted by atomic mass is 31.2. The molecule has 11 N–H and O–H groups in total. The van der Waals surface area contributed by atoms with Gasteiger partial charge in [-0.1, -0.05) is 12.1 Å². The molecule has 1 aliphatic rings. The van der Waals surface area contributed by atoms with Crippen molar-refractivity contribution in [3.05, 3.63) is 29.8 Å². The summed E-state index contributed by atoms with van der Waals surface area (Å²) >= 11 is 0. The van der Waals surface area contributed by atoms with Crippen molar-refractivity contribution in [2.45, 2.75) is 44.2 Å². The van der Waals surface area contributed by atoms with Crippen LogP contribution in [0.15, 0.2) is 24.3 Å². The Morgan fingerprint density at radius 3 is 1.67 bits per heavy atom. The maximum absolute atomic E-state index is 13.8. The molecule has 0 saturated heterocycles. The molecule has 1 saturated carbocycles. The number of ether oxygens (including phenoxy) is 3.